The minimum atomic E-state index is -1.95. The van der Waals surface area contributed by atoms with Gasteiger partial charge in [0.05, 0.1) is 12.3 Å². The molecule has 1 amide bonds. The predicted octanol–water partition coefficient (Wildman–Crippen LogP) is 4.77. The second kappa shape index (κ2) is 8.69. The highest BCUT2D eigenvalue weighted by atomic mass is 28.4. The first-order valence-electron chi connectivity index (χ1n) is 9.12. The van der Waals surface area contributed by atoms with Crippen molar-refractivity contribution >= 4 is 19.9 Å². The van der Waals surface area contributed by atoms with Gasteiger partial charge in [0.25, 0.3) is 0 Å². The lowest BCUT2D eigenvalue weighted by Gasteiger charge is -2.36. The SMILES string of the molecule is CC(C)(C)[Si](C)(C)OC[C@@H](N)C(=O)Nc1ccccc1Oc1ccccc1. The van der Waals surface area contributed by atoms with Crippen LogP contribution in [-0.2, 0) is 9.22 Å². The Morgan fingerprint density at radius 3 is 2.30 bits per heavy atom. The van der Waals surface area contributed by atoms with Gasteiger partial charge in [-0.3, -0.25) is 4.79 Å². The number of para-hydroxylation sites is 3. The van der Waals surface area contributed by atoms with Crippen molar-refractivity contribution in [3.05, 3.63) is 54.6 Å². The number of carbonyl (C=O) groups is 1. The van der Waals surface area contributed by atoms with Crippen molar-refractivity contribution in [3.8, 4) is 11.5 Å². The van der Waals surface area contributed by atoms with Gasteiger partial charge < -0.3 is 20.2 Å². The number of nitrogens with one attached hydrogen (secondary N) is 1. The van der Waals surface area contributed by atoms with Gasteiger partial charge in [0.15, 0.2) is 14.1 Å². The maximum Gasteiger partial charge on any atom is 0.243 e. The van der Waals surface area contributed by atoms with Gasteiger partial charge in [0, 0.05) is 0 Å². The van der Waals surface area contributed by atoms with Crippen molar-refractivity contribution in [3.63, 3.8) is 0 Å². The molecule has 0 saturated heterocycles. The number of rotatable bonds is 7. The van der Waals surface area contributed by atoms with Crippen LogP contribution in [0.15, 0.2) is 54.6 Å². The van der Waals surface area contributed by atoms with Crippen LogP contribution in [0.4, 0.5) is 5.69 Å². The van der Waals surface area contributed by atoms with E-state index < -0.39 is 14.4 Å². The van der Waals surface area contributed by atoms with Crippen LogP contribution in [0.2, 0.25) is 18.1 Å². The van der Waals surface area contributed by atoms with E-state index in [0.29, 0.717) is 17.2 Å². The van der Waals surface area contributed by atoms with E-state index in [2.05, 4.69) is 39.2 Å². The Hall–Kier alpha value is -2.15. The number of hydrogen-bond acceptors (Lipinski definition) is 4. The van der Waals surface area contributed by atoms with Gasteiger partial charge in [-0.15, -0.1) is 0 Å². The molecule has 0 unspecified atom stereocenters. The first kappa shape index (κ1) is 21.2. The Morgan fingerprint density at radius 1 is 1.07 bits per heavy atom. The topological polar surface area (TPSA) is 73.6 Å². The van der Waals surface area contributed by atoms with E-state index in [1.165, 1.54) is 0 Å². The Labute approximate surface area is 163 Å². The van der Waals surface area contributed by atoms with Gasteiger partial charge in [-0.05, 0) is 42.4 Å². The zero-order valence-electron chi connectivity index (χ0n) is 16.8. The molecule has 5 nitrogen and oxygen atoms in total. The molecule has 2 rings (SSSR count). The van der Waals surface area contributed by atoms with E-state index in [-0.39, 0.29) is 17.6 Å². The first-order chi connectivity index (χ1) is 12.6. The van der Waals surface area contributed by atoms with Crippen LogP contribution in [0, 0.1) is 0 Å². The summed E-state index contributed by atoms with van der Waals surface area (Å²) < 4.78 is 11.9. The monoisotopic (exact) mass is 386 g/mol. The van der Waals surface area contributed by atoms with Crippen molar-refractivity contribution in [2.75, 3.05) is 11.9 Å². The normalized spacial score (nSPS) is 13.1. The van der Waals surface area contributed by atoms with Gasteiger partial charge in [-0.2, -0.15) is 0 Å². The summed E-state index contributed by atoms with van der Waals surface area (Å²) in [6.07, 6.45) is 0. The van der Waals surface area contributed by atoms with E-state index in [9.17, 15) is 4.79 Å². The van der Waals surface area contributed by atoms with E-state index in [0.717, 1.165) is 0 Å². The fraction of sp³-hybridized carbons (Fsp3) is 0.381. The minimum absolute atomic E-state index is 0.0688. The summed E-state index contributed by atoms with van der Waals surface area (Å²) in [5.74, 6) is 0.970. The number of ether oxygens (including phenoxy) is 1. The fourth-order valence-electron chi connectivity index (χ4n) is 2.09. The van der Waals surface area contributed by atoms with E-state index >= 15 is 0 Å². The summed E-state index contributed by atoms with van der Waals surface area (Å²) in [6, 6.07) is 16.0. The summed E-state index contributed by atoms with van der Waals surface area (Å²) in [5, 5.41) is 2.92. The molecule has 0 heterocycles. The highest BCUT2D eigenvalue weighted by Crippen LogP contribution is 2.36. The maximum atomic E-state index is 12.5. The number of carbonyl (C=O) groups excluding carboxylic acids is 1. The lowest BCUT2D eigenvalue weighted by molar-refractivity contribution is -0.118. The third-order valence-corrected chi connectivity index (χ3v) is 9.38. The van der Waals surface area contributed by atoms with Crippen molar-refractivity contribution in [2.24, 2.45) is 5.73 Å². The van der Waals surface area contributed by atoms with Crippen LogP contribution >= 0.6 is 0 Å². The predicted molar refractivity (Wildman–Crippen MR) is 113 cm³/mol. The van der Waals surface area contributed by atoms with Crippen molar-refractivity contribution in [1.29, 1.82) is 0 Å². The lowest BCUT2D eigenvalue weighted by atomic mass is 10.2. The zero-order chi connectivity index (χ0) is 20.1. The molecule has 3 N–H and O–H groups in total. The molecule has 146 valence electrons. The molecule has 27 heavy (non-hydrogen) atoms. The molecule has 0 fully saturated rings. The van der Waals surface area contributed by atoms with Crippen LogP contribution in [0.1, 0.15) is 20.8 Å². The van der Waals surface area contributed by atoms with Crippen molar-refractivity contribution in [2.45, 2.75) is 44.9 Å². The molecule has 0 aliphatic heterocycles. The molecular weight excluding hydrogens is 356 g/mol. The van der Waals surface area contributed by atoms with Gasteiger partial charge in [0.1, 0.15) is 11.8 Å². The molecular formula is C21H30N2O3Si. The van der Waals surface area contributed by atoms with Crippen molar-refractivity contribution < 1.29 is 14.0 Å². The van der Waals surface area contributed by atoms with E-state index in [4.69, 9.17) is 14.9 Å². The number of nitrogens with two attached hydrogens (primary N) is 1. The fourth-order valence-corrected chi connectivity index (χ4v) is 3.12. The van der Waals surface area contributed by atoms with E-state index in [1.54, 1.807) is 12.1 Å². The summed E-state index contributed by atoms with van der Waals surface area (Å²) >= 11 is 0. The second-order valence-electron chi connectivity index (χ2n) is 8.08. The molecule has 0 aromatic heterocycles. The first-order valence-corrected chi connectivity index (χ1v) is 12.0. The van der Waals surface area contributed by atoms with Crippen LogP contribution in [0.5, 0.6) is 11.5 Å². The highest BCUT2D eigenvalue weighted by molar-refractivity contribution is 6.74. The van der Waals surface area contributed by atoms with E-state index in [1.807, 2.05) is 42.5 Å². The van der Waals surface area contributed by atoms with Crippen LogP contribution in [0.25, 0.3) is 0 Å². The largest absolute Gasteiger partial charge is 0.455 e. The quantitative estimate of drug-likeness (QED) is 0.673. The van der Waals surface area contributed by atoms with Gasteiger partial charge in [-0.25, -0.2) is 0 Å². The zero-order valence-corrected chi connectivity index (χ0v) is 17.8. The third-order valence-electron chi connectivity index (χ3n) is 4.88. The third kappa shape index (κ3) is 5.92. The molecule has 6 heteroatoms. The molecule has 2 aromatic rings. The second-order valence-corrected chi connectivity index (χ2v) is 12.9. The van der Waals surface area contributed by atoms with Crippen LogP contribution in [0.3, 0.4) is 0 Å². The highest BCUT2D eigenvalue weighted by Gasteiger charge is 2.37. The number of anilines is 1. The molecule has 0 bridgehead atoms. The number of amides is 1. The van der Waals surface area contributed by atoms with Crippen LogP contribution in [-0.4, -0.2) is 26.9 Å². The minimum Gasteiger partial charge on any atom is -0.455 e. The Morgan fingerprint density at radius 2 is 1.67 bits per heavy atom. The molecule has 0 aliphatic rings. The number of benzene rings is 2. The van der Waals surface area contributed by atoms with Crippen molar-refractivity contribution in [1.82, 2.24) is 0 Å². The molecule has 0 radical (unpaired) electrons. The van der Waals surface area contributed by atoms with Crippen LogP contribution < -0.4 is 15.8 Å². The summed E-state index contributed by atoms with van der Waals surface area (Å²) in [6.45, 7) is 10.9. The Bertz CT molecular complexity index is 758. The standard InChI is InChI=1S/C21H30N2O3Si/c1-21(2,3)27(4,5)25-15-17(22)20(24)23-18-13-9-10-14-19(18)26-16-11-7-6-8-12-16/h6-14,17H,15,22H2,1-5H3,(H,23,24)/t17-/m1/s1. The van der Waals surface area contributed by atoms with Gasteiger partial charge in [0.2, 0.25) is 5.91 Å². The summed E-state index contributed by atoms with van der Waals surface area (Å²) in [7, 11) is -1.95. The average Bonchev–Trinajstić information content (AvgIpc) is 2.61. The molecule has 0 spiro atoms. The molecule has 0 saturated carbocycles. The smallest absolute Gasteiger partial charge is 0.243 e. The molecule has 1 atom stereocenters. The number of hydrogen-bond donors (Lipinski definition) is 2. The van der Waals surface area contributed by atoms with Gasteiger partial charge >= 0.3 is 0 Å². The average molecular weight is 387 g/mol. The Balaban J connectivity index is 2.01. The van der Waals surface area contributed by atoms with Gasteiger partial charge in [-0.1, -0.05) is 51.1 Å². The maximum absolute atomic E-state index is 12.5. The summed E-state index contributed by atoms with van der Waals surface area (Å²) in [5.41, 5.74) is 6.64. The molecule has 2 aromatic carbocycles. The Kier molecular flexibility index (Phi) is 6.81. The summed E-state index contributed by atoms with van der Waals surface area (Å²) in [4.78, 5) is 12.5. The molecule has 0 aliphatic carbocycles. The lowest BCUT2D eigenvalue weighted by Crippen LogP contribution is -2.47.